The first-order valence-electron chi connectivity index (χ1n) is 5.28. The van der Waals surface area contributed by atoms with Crippen LogP contribution in [-0.4, -0.2) is 6.18 Å². The smallest absolute Gasteiger partial charge is 0.316 e. The van der Waals surface area contributed by atoms with E-state index in [1.165, 1.54) is 12.1 Å². The molecule has 0 amide bonds. The van der Waals surface area contributed by atoms with E-state index in [4.69, 9.17) is 5.73 Å². The lowest BCUT2D eigenvalue weighted by Gasteiger charge is -2.17. The van der Waals surface area contributed by atoms with Crippen LogP contribution in [0.5, 0.6) is 0 Å². The Kier molecular flexibility index (Phi) is 5.99. The summed E-state index contributed by atoms with van der Waals surface area (Å²) in [6.45, 7) is 4.08. The van der Waals surface area contributed by atoms with E-state index < -0.39 is 12.2 Å². The molecule has 2 N–H and O–H groups in total. The molecular formula is C12H17ClF3N. The number of rotatable bonds is 3. The maximum Gasteiger partial charge on any atom is 0.407 e. The first kappa shape index (κ1) is 16.3. The van der Waals surface area contributed by atoms with Gasteiger partial charge >= 0.3 is 6.18 Å². The molecule has 17 heavy (non-hydrogen) atoms. The fourth-order valence-corrected chi connectivity index (χ4v) is 1.46. The minimum Gasteiger partial charge on any atom is -0.316 e. The molecule has 0 saturated heterocycles. The van der Waals surface area contributed by atoms with Crippen LogP contribution < -0.4 is 5.73 Å². The third-order valence-electron chi connectivity index (χ3n) is 2.83. The zero-order chi connectivity index (χ0) is 12.3. The number of halogens is 4. The molecule has 0 aliphatic rings. The summed E-state index contributed by atoms with van der Waals surface area (Å²) >= 11 is 0. The lowest BCUT2D eigenvalue weighted by atomic mass is 9.96. The Hall–Kier alpha value is -0.740. The van der Waals surface area contributed by atoms with Crippen molar-refractivity contribution in [2.45, 2.75) is 38.4 Å². The van der Waals surface area contributed by atoms with E-state index >= 15 is 0 Å². The van der Waals surface area contributed by atoms with Gasteiger partial charge in [0, 0.05) is 0 Å². The molecule has 0 aliphatic heterocycles. The molecule has 0 aliphatic carbocycles. The van der Waals surface area contributed by atoms with E-state index in [0.29, 0.717) is 5.92 Å². The molecular weight excluding hydrogens is 251 g/mol. The van der Waals surface area contributed by atoms with Crippen LogP contribution in [0.2, 0.25) is 0 Å². The van der Waals surface area contributed by atoms with E-state index in [1.54, 1.807) is 12.1 Å². The van der Waals surface area contributed by atoms with Gasteiger partial charge in [-0.15, -0.1) is 12.4 Å². The zero-order valence-electron chi connectivity index (χ0n) is 9.79. The molecule has 1 unspecified atom stereocenters. The van der Waals surface area contributed by atoms with E-state index in [-0.39, 0.29) is 18.0 Å². The molecule has 0 spiro atoms. The molecule has 5 heteroatoms. The molecule has 0 radical (unpaired) electrons. The summed E-state index contributed by atoms with van der Waals surface area (Å²) < 4.78 is 37.0. The quantitative estimate of drug-likeness (QED) is 0.873. The predicted octanol–water partition coefficient (Wildman–Crippen LogP) is 4.18. The Balaban J connectivity index is 0.00000256. The lowest BCUT2D eigenvalue weighted by molar-refractivity contribution is -0.149. The second-order valence-electron chi connectivity index (χ2n) is 4.00. The van der Waals surface area contributed by atoms with E-state index in [9.17, 15) is 13.2 Å². The van der Waals surface area contributed by atoms with Gasteiger partial charge in [0.1, 0.15) is 6.04 Å². The molecule has 2 atom stereocenters. The fraction of sp³-hybridized carbons (Fsp3) is 0.500. The second-order valence-corrected chi connectivity index (χ2v) is 4.00. The van der Waals surface area contributed by atoms with Crippen LogP contribution in [0.4, 0.5) is 13.2 Å². The number of hydrogen-bond donors (Lipinski definition) is 1. The minimum absolute atomic E-state index is 0. The standard InChI is InChI=1S/C12H16F3N.ClH/c1-3-8(2)9-4-6-10(7-5-9)11(16)12(13,14)15;/h4-8,11H,3,16H2,1-2H3;1H/t8?,11-;/m0./s1. The van der Waals surface area contributed by atoms with Crippen molar-refractivity contribution >= 4 is 12.4 Å². The Morgan fingerprint density at radius 2 is 1.53 bits per heavy atom. The van der Waals surface area contributed by atoms with Gasteiger partial charge in [-0.25, -0.2) is 0 Å². The van der Waals surface area contributed by atoms with Crippen molar-refractivity contribution in [2.24, 2.45) is 5.73 Å². The van der Waals surface area contributed by atoms with Gasteiger partial charge in [-0.05, 0) is 23.5 Å². The van der Waals surface area contributed by atoms with Crippen LogP contribution in [0.25, 0.3) is 0 Å². The van der Waals surface area contributed by atoms with Crippen molar-refractivity contribution in [3.05, 3.63) is 35.4 Å². The van der Waals surface area contributed by atoms with Gasteiger partial charge in [0.05, 0.1) is 0 Å². The Bertz CT molecular complexity index is 335. The first-order chi connectivity index (χ1) is 7.36. The zero-order valence-corrected chi connectivity index (χ0v) is 10.6. The maximum atomic E-state index is 12.3. The average molecular weight is 268 g/mol. The molecule has 0 bridgehead atoms. The van der Waals surface area contributed by atoms with Crippen LogP contribution >= 0.6 is 12.4 Å². The molecule has 1 aromatic carbocycles. The second kappa shape index (κ2) is 6.26. The highest BCUT2D eigenvalue weighted by atomic mass is 35.5. The summed E-state index contributed by atoms with van der Waals surface area (Å²) in [5.41, 5.74) is 6.26. The number of hydrogen-bond acceptors (Lipinski definition) is 1. The number of nitrogens with two attached hydrogens (primary N) is 1. The number of alkyl halides is 3. The molecule has 98 valence electrons. The molecule has 1 nitrogen and oxygen atoms in total. The topological polar surface area (TPSA) is 26.0 Å². The van der Waals surface area contributed by atoms with Crippen LogP contribution in [0.1, 0.15) is 43.4 Å². The normalized spacial score (nSPS) is 14.9. The van der Waals surface area contributed by atoms with Gasteiger partial charge in [-0.3, -0.25) is 0 Å². The fourth-order valence-electron chi connectivity index (χ4n) is 1.46. The highest BCUT2D eigenvalue weighted by Crippen LogP contribution is 2.31. The average Bonchev–Trinajstić information content (AvgIpc) is 2.26. The van der Waals surface area contributed by atoms with Crippen LogP contribution in [0, 0.1) is 0 Å². The summed E-state index contributed by atoms with van der Waals surface area (Å²) in [6, 6.07) is 4.46. The summed E-state index contributed by atoms with van der Waals surface area (Å²) in [5, 5.41) is 0. The van der Waals surface area contributed by atoms with Gasteiger partial charge < -0.3 is 5.73 Å². The van der Waals surface area contributed by atoms with Crippen molar-refractivity contribution in [2.75, 3.05) is 0 Å². The molecule has 0 saturated carbocycles. The summed E-state index contributed by atoms with van der Waals surface area (Å²) in [7, 11) is 0. The van der Waals surface area contributed by atoms with Crippen LogP contribution in [0.3, 0.4) is 0 Å². The largest absolute Gasteiger partial charge is 0.407 e. The Labute approximate surface area is 106 Å². The molecule has 1 rings (SSSR count). The summed E-state index contributed by atoms with van der Waals surface area (Å²) in [5.74, 6) is 0.358. The maximum absolute atomic E-state index is 12.3. The number of benzene rings is 1. The SMILES string of the molecule is CCC(C)c1ccc([C@H](N)C(F)(F)F)cc1.Cl. The van der Waals surface area contributed by atoms with E-state index in [2.05, 4.69) is 0 Å². The van der Waals surface area contributed by atoms with Gasteiger partial charge in [-0.1, -0.05) is 38.1 Å². The van der Waals surface area contributed by atoms with Crippen LogP contribution in [-0.2, 0) is 0 Å². The van der Waals surface area contributed by atoms with Gasteiger partial charge in [0.25, 0.3) is 0 Å². The van der Waals surface area contributed by atoms with Crippen molar-refractivity contribution in [1.82, 2.24) is 0 Å². The minimum atomic E-state index is -4.38. The van der Waals surface area contributed by atoms with Gasteiger partial charge in [0.2, 0.25) is 0 Å². The van der Waals surface area contributed by atoms with Crippen molar-refractivity contribution in [3.63, 3.8) is 0 Å². The summed E-state index contributed by atoms with van der Waals surface area (Å²) in [4.78, 5) is 0. The third kappa shape index (κ3) is 4.21. The highest BCUT2D eigenvalue weighted by Gasteiger charge is 2.37. The van der Waals surface area contributed by atoms with Gasteiger partial charge in [0.15, 0.2) is 0 Å². The van der Waals surface area contributed by atoms with E-state index in [1.807, 2.05) is 13.8 Å². The first-order valence-corrected chi connectivity index (χ1v) is 5.28. The Morgan fingerprint density at radius 3 is 1.88 bits per heavy atom. The van der Waals surface area contributed by atoms with Crippen molar-refractivity contribution in [1.29, 1.82) is 0 Å². The van der Waals surface area contributed by atoms with Crippen LogP contribution in [0.15, 0.2) is 24.3 Å². The monoisotopic (exact) mass is 267 g/mol. The molecule has 0 fully saturated rings. The molecule has 0 aromatic heterocycles. The third-order valence-corrected chi connectivity index (χ3v) is 2.83. The molecule has 0 heterocycles. The predicted molar refractivity (Wildman–Crippen MR) is 65.4 cm³/mol. The van der Waals surface area contributed by atoms with Crippen molar-refractivity contribution < 1.29 is 13.2 Å². The summed E-state index contributed by atoms with van der Waals surface area (Å²) in [6.07, 6.45) is -3.41. The molecule has 1 aromatic rings. The van der Waals surface area contributed by atoms with E-state index in [0.717, 1.165) is 12.0 Å². The Morgan fingerprint density at radius 1 is 1.12 bits per heavy atom. The highest BCUT2D eigenvalue weighted by molar-refractivity contribution is 5.85. The van der Waals surface area contributed by atoms with Gasteiger partial charge in [-0.2, -0.15) is 13.2 Å². The van der Waals surface area contributed by atoms with Crippen molar-refractivity contribution in [3.8, 4) is 0 Å². The lowest BCUT2D eigenvalue weighted by Crippen LogP contribution is -2.28.